The van der Waals surface area contributed by atoms with Crippen molar-refractivity contribution >= 4 is 28.5 Å². The first kappa shape index (κ1) is 21.5. The molecule has 7 nitrogen and oxygen atoms in total. The summed E-state index contributed by atoms with van der Waals surface area (Å²) in [6.45, 7) is 6.30. The lowest BCUT2D eigenvalue weighted by Gasteiger charge is -2.34. The van der Waals surface area contributed by atoms with Crippen LogP contribution in [0.1, 0.15) is 47.3 Å². The van der Waals surface area contributed by atoms with Crippen LogP contribution in [0.4, 0.5) is 11.6 Å². The zero-order valence-electron chi connectivity index (χ0n) is 18.8. The highest BCUT2D eigenvalue weighted by Gasteiger charge is 2.35. The van der Waals surface area contributed by atoms with E-state index in [4.69, 9.17) is 9.15 Å². The average molecular weight is 449 g/mol. The fraction of sp³-hybridized carbons (Fsp3) is 0.385. The molecule has 2 N–H and O–H groups in total. The van der Waals surface area contributed by atoms with Gasteiger partial charge in [0.15, 0.2) is 11.3 Å². The van der Waals surface area contributed by atoms with E-state index in [0.29, 0.717) is 34.6 Å². The van der Waals surface area contributed by atoms with Gasteiger partial charge >= 0.3 is 5.97 Å². The molecule has 7 heteroatoms. The van der Waals surface area contributed by atoms with E-state index in [1.807, 2.05) is 26.0 Å². The molecule has 2 fully saturated rings. The monoisotopic (exact) mass is 448 g/mol. The topological polar surface area (TPSA) is 92.0 Å². The van der Waals surface area contributed by atoms with E-state index in [-0.39, 0.29) is 17.0 Å². The number of anilines is 2. The Labute approximate surface area is 192 Å². The van der Waals surface area contributed by atoms with Crippen molar-refractivity contribution in [2.75, 3.05) is 29.9 Å². The van der Waals surface area contributed by atoms with Crippen LogP contribution in [-0.4, -0.2) is 36.9 Å². The molecule has 2 aliphatic heterocycles. The SMILES string of the molecule is Cc1cc(C(C)Nc2ccccc2C(=O)O)c2oc(N3CC[C@@H]4OCC[C@H]4C3)cc(=O)c2c1. The largest absolute Gasteiger partial charge is 0.478 e. The van der Waals surface area contributed by atoms with Crippen LogP contribution in [-0.2, 0) is 4.74 Å². The molecule has 172 valence electrons. The third kappa shape index (κ3) is 4.09. The van der Waals surface area contributed by atoms with Gasteiger partial charge in [0.25, 0.3) is 0 Å². The van der Waals surface area contributed by atoms with E-state index >= 15 is 0 Å². The van der Waals surface area contributed by atoms with Gasteiger partial charge in [0, 0.05) is 42.9 Å². The number of nitrogens with zero attached hydrogens (tertiary/aromatic N) is 1. The molecule has 1 aromatic heterocycles. The van der Waals surface area contributed by atoms with Gasteiger partial charge in [0.1, 0.15) is 5.58 Å². The molecule has 5 rings (SSSR count). The summed E-state index contributed by atoms with van der Waals surface area (Å²) in [5, 5.41) is 13.4. The number of ether oxygens (including phenoxy) is 1. The molecule has 2 saturated heterocycles. The second kappa shape index (κ2) is 8.56. The number of para-hydroxylation sites is 1. The minimum Gasteiger partial charge on any atom is -0.478 e. The Balaban J connectivity index is 1.53. The van der Waals surface area contributed by atoms with E-state index in [9.17, 15) is 14.7 Å². The fourth-order valence-electron chi connectivity index (χ4n) is 5.08. The highest BCUT2D eigenvalue weighted by Crippen LogP contribution is 2.34. The van der Waals surface area contributed by atoms with E-state index in [1.165, 1.54) is 0 Å². The van der Waals surface area contributed by atoms with Gasteiger partial charge in [0.2, 0.25) is 0 Å². The van der Waals surface area contributed by atoms with Gasteiger partial charge in [-0.1, -0.05) is 18.2 Å². The van der Waals surface area contributed by atoms with Crippen molar-refractivity contribution in [2.24, 2.45) is 5.92 Å². The predicted octanol–water partition coefficient (Wildman–Crippen LogP) is 4.59. The summed E-state index contributed by atoms with van der Waals surface area (Å²) in [7, 11) is 0. The Morgan fingerprint density at radius 3 is 2.85 bits per heavy atom. The Morgan fingerprint density at radius 1 is 1.21 bits per heavy atom. The van der Waals surface area contributed by atoms with Crippen molar-refractivity contribution in [1.29, 1.82) is 0 Å². The Hall–Kier alpha value is -3.32. The minimum atomic E-state index is -0.993. The number of carboxylic acid groups (broad SMARTS) is 1. The number of benzene rings is 2. The number of aromatic carboxylic acids is 1. The number of fused-ring (bicyclic) bond motifs is 2. The van der Waals surface area contributed by atoms with Gasteiger partial charge in [-0.05, 0) is 50.5 Å². The number of piperidine rings is 1. The number of carboxylic acids is 1. The number of aryl methyl sites for hydroxylation is 1. The molecule has 0 spiro atoms. The van der Waals surface area contributed by atoms with E-state index in [2.05, 4.69) is 10.2 Å². The first-order valence-corrected chi connectivity index (χ1v) is 11.4. The Morgan fingerprint density at radius 2 is 2.03 bits per heavy atom. The molecule has 3 atom stereocenters. The van der Waals surface area contributed by atoms with Crippen LogP contribution >= 0.6 is 0 Å². The highest BCUT2D eigenvalue weighted by atomic mass is 16.5. The maximum Gasteiger partial charge on any atom is 0.337 e. The number of hydrogen-bond acceptors (Lipinski definition) is 6. The molecular formula is C26H28N2O5. The van der Waals surface area contributed by atoms with Crippen molar-refractivity contribution in [3.63, 3.8) is 0 Å². The summed E-state index contributed by atoms with van der Waals surface area (Å²) < 4.78 is 12.2. The molecule has 3 heterocycles. The van der Waals surface area contributed by atoms with Gasteiger partial charge in [-0.2, -0.15) is 0 Å². The summed E-state index contributed by atoms with van der Waals surface area (Å²) in [6, 6.07) is 12.0. The molecule has 0 saturated carbocycles. The zero-order chi connectivity index (χ0) is 23.1. The molecule has 0 radical (unpaired) electrons. The molecule has 2 aromatic carbocycles. The molecule has 1 unspecified atom stereocenters. The van der Waals surface area contributed by atoms with Crippen LogP contribution < -0.4 is 15.6 Å². The van der Waals surface area contributed by atoms with E-state index < -0.39 is 5.97 Å². The summed E-state index contributed by atoms with van der Waals surface area (Å²) in [6.07, 6.45) is 2.27. The van der Waals surface area contributed by atoms with Crippen molar-refractivity contribution < 1.29 is 19.1 Å². The molecule has 0 aliphatic carbocycles. The summed E-state index contributed by atoms with van der Waals surface area (Å²) in [4.78, 5) is 26.9. The van der Waals surface area contributed by atoms with Gasteiger partial charge in [-0.25, -0.2) is 4.79 Å². The normalized spacial score (nSPS) is 21.1. The maximum atomic E-state index is 13.1. The first-order chi connectivity index (χ1) is 15.9. The zero-order valence-corrected chi connectivity index (χ0v) is 18.8. The first-order valence-electron chi connectivity index (χ1n) is 11.4. The van der Waals surface area contributed by atoms with Gasteiger partial charge < -0.3 is 24.5 Å². The number of carbonyl (C=O) groups is 1. The second-order valence-electron chi connectivity index (χ2n) is 9.09. The summed E-state index contributed by atoms with van der Waals surface area (Å²) >= 11 is 0. The quantitative estimate of drug-likeness (QED) is 0.590. The smallest absolute Gasteiger partial charge is 0.337 e. The highest BCUT2D eigenvalue weighted by molar-refractivity contribution is 5.94. The predicted molar refractivity (Wildman–Crippen MR) is 127 cm³/mol. The summed E-state index contributed by atoms with van der Waals surface area (Å²) in [5.74, 6) is 0.0546. The van der Waals surface area contributed by atoms with Crippen molar-refractivity contribution in [3.05, 3.63) is 69.4 Å². The van der Waals surface area contributed by atoms with Crippen molar-refractivity contribution in [1.82, 2.24) is 0 Å². The molecule has 2 aliphatic rings. The molecule has 0 amide bonds. The van der Waals surface area contributed by atoms with Crippen LogP contribution in [0.5, 0.6) is 0 Å². The summed E-state index contributed by atoms with van der Waals surface area (Å²) in [5.41, 5.74) is 2.96. The van der Waals surface area contributed by atoms with Crippen LogP contribution in [0, 0.1) is 12.8 Å². The second-order valence-corrected chi connectivity index (χ2v) is 9.09. The van der Waals surface area contributed by atoms with Crippen LogP contribution in [0.3, 0.4) is 0 Å². The van der Waals surface area contributed by atoms with Gasteiger partial charge in [0.05, 0.1) is 23.1 Å². The van der Waals surface area contributed by atoms with Crippen molar-refractivity contribution in [3.8, 4) is 0 Å². The molecule has 0 bridgehead atoms. The van der Waals surface area contributed by atoms with Crippen LogP contribution in [0.2, 0.25) is 0 Å². The Bertz CT molecular complexity index is 1270. The van der Waals surface area contributed by atoms with Gasteiger partial charge in [-0.3, -0.25) is 4.79 Å². The van der Waals surface area contributed by atoms with Crippen LogP contribution in [0.25, 0.3) is 11.0 Å². The third-order valence-corrected chi connectivity index (χ3v) is 6.78. The molecule has 3 aromatic rings. The standard InChI is InChI=1S/C26H28N2O5/c1-15-11-19(16(2)27-21-6-4-3-5-18(21)26(30)31)25-20(12-15)22(29)13-24(33-25)28-9-7-23-17(14-28)8-10-32-23/h3-6,11-13,16-17,23,27H,7-10,14H2,1-2H3,(H,30,31)/t16?,17-,23-/m0/s1. The van der Waals surface area contributed by atoms with Gasteiger partial charge in [-0.15, -0.1) is 0 Å². The maximum absolute atomic E-state index is 13.1. The third-order valence-electron chi connectivity index (χ3n) is 6.78. The fourth-order valence-corrected chi connectivity index (χ4v) is 5.08. The van der Waals surface area contributed by atoms with E-state index in [0.717, 1.165) is 43.7 Å². The lowest BCUT2D eigenvalue weighted by molar-refractivity contribution is 0.0697. The van der Waals surface area contributed by atoms with Crippen molar-refractivity contribution in [2.45, 2.75) is 38.8 Å². The average Bonchev–Trinajstić information content (AvgIpc) is 3.27. The van der Waals surface area contributed by atoms with E-state index in [1.54, 1.807) is 30.3 Å². The lowest BCUT2D eigenvalue weighted by Crippen LogP contribution is -2.41. The Kier molecular flexibility index (Phi) is 5.58. The number of hydrogen-bond donors (Lipinski definition) is 2. The number of nitrogens with one attached hydrogen (secondary N) is 1. The minimum absolute atomic E-state index is 0.0702. The number of rotatable bonds is 5. The molecular weight excluding hydrogens is 420 g/mol. The van der Waals surface area contributed by atoms with Crippen LogP contribution in [0.15, 0.2) is 51.7 Å². The lowest BCUT2D eigenvalue weighted by atomic mass is 9.94. The molecule has 33 heavy (non-hydrogen) atoms.